The van der Waals surface area contributed by atoms with Crippen LogP contribution >= 0.6 is 0 Å². The van der Waals surface area contributed by atoms with Gasteiger partial charge in [-0.3, -0.25) is 4.79 Å². The van der Waals surface area contributed by atoms with Crippen molar-refractivity contribution in [2.24, 2.45) is 0 Å². The number of halogens is 3. The van der Waals surface area contributed by atoms with Crippen LogP contribution in [0.4, 0.5) is 13.2 Å². The Morgan fingerprint density at radius 3 is 2.68 bits per heavy atom. The summed E-state index contributed by atoms with van der Waals surface area (Å²) < 4.78 is 44.8. The average Bonchev–Trinajstić information content (AvgIpc) is 3.13. The molecule has 1 aliphatic carbocycles. The summed E-state index contributed by atoms with van der Waals surface area (Å²) in [5.74, 6) is 5.21. The maximum absolute atomic E-state index is 12.4. The summed E-state index contributed by atoms with van der Waals surface area (Å²) in [4.78, 5) is 15.4. The standard InChI is InChI=1S/C22H19F3N4O2/c1-2-19-26-11-12-29(19)14-17-13-18(31-28-17)16-5-3-15(4-6-16)7-8-21(9-10-21)27-20(30)22(23,24)25/h3-6,11-13H,2,9-10,14H2,1H3,(H,27,30). The second-order valence-electron chi connectivity index (χ2n) is 7.37. The van der Waals surface area contributed by atoms with E-state index in [2.05, 4.69) is 22.0 Å². The average molecular weight is 428 g/mol. The van der Waals surface area contributed by atoms with Crippen LogP contribution in [0, 0.1) is 11.8 Å². The summed E-state index contributed by atoms with van der Waals surface area (Å²) in [7, 11) is 0. The zero-order valence-corrected chi connectivity index (χ0v) is 16.7. The smallest absolute Gasteiger partial charge is 0.356 e. The van der Waals surface area contributed by atoms with E-state index in [4.69, 9.17) is 4.52 Å². The summed E-state index contributed by atoms with van der Waals surface area (Å²) in [6.45, 7) is 2.59. The summed E-state index contributed by atoms with van der Waals surface area (Å²) in [5, 5.41) is 6.08. The number of hydrogen-bond acceptors (Lipinski definition) is 4. The molecule has 9 heteroatoms. The number of amides is 1. The number of benzene rings is 1. The van der Waals surface area contributed by atoms with Crippen LogP contribution in [0.5, 0.6) is 0 Å². The molecule has 1 aliphatic rings. The number of aryl methyl sites for hydroxylation is 1. The molecular formula is C22H19F3N4O2. The van der Waals surface area contributed by atoms with Gasteiger partial charge in [0.05, 0.1) is 6.54 Å². The molecule has 1 fully saturated rings. The first-order valence-electron chi connectivity index (χ1n) is 9.76. The van der Waals surface area contributed by atoms with E-state index < -0.39 is 17.6 Å². The fourth-order valence-corrected chi connectivity index (χ4v) is 3.10. The summed E-state index contributed by atoms with van der Waals surface area (Å²) in [6.07, 6.45) is 0.353. The highest BCUT2D eigenvalue weighted by Crippen LogP contribution is 2.35. The molecule has 0 atom stereocenters. The van der Waals surface area contributed by atoms with Gasteiger partial charge in [-0.05, 0) is 37.1 Å². The Labute approximate surface area is 176 Å². The molecule has 1 aromatic carbocycles. The van der Waals surface area contributed by atoms with Crippen molar-refractivity contribution in [2.75, 3.05) is 0 Å². The Bertz CT molecular complexity index is 1150. The van der Waals surface area contributed by atoms with Crippen molar-refractivity contribution >= 4 is 5.91 Å². The van der Waals surface area contributed by atoms with E-state index in [1.165, 1.54) is 0 Å². The molecule has 6 nitrogen and oxygen atoms in total. The first-order valence-corrected chi connectivity index (χ1v) is 9.76. The molecule has 3 aromatic rings. The van der Waals surface area contributed by atoms with E-state index in [0.717, 1.165) is 23.5 Å². The first-order chi connectivity index (χ1) is 14.8. The van der Waals surface area contributed by atoms with E-state index in [1.807, 2.05) is 29.1 Å². The van der Waals surface area contributed by atoms with Crippen LogP contribution in [0.3, 0.4) is 0 Å². The highest BCUT2D eigenvalue weighted by Gasteiger charge is 2.49. The van der Waals surface area contributed by atoms with Crippen molar-refractivity contribution in [2.45, 2.75) is 44.4 Å². The molecule has 2 aromatic heterocycles. The lowest BCUT2D eigenvalue weighted by Gasteiger charge is -2.12. The molecule has 0 unspecified atom stereocenters. The molecule has 0 radical (unpaired) electrons. The highest BCUT2D eigenvalue weighted by atomic mass is 19.4. The van der Waals surface area contributed by atoms with Crippen LogP contribution in [-0.2, 0) is 17.8 Å². The van der Waals surface area contributed by atoms with E-state index in [-0.39, 0.29) is 0 Å². The Kier molecular flexibility index (Phi) is 5.31. The number of aromatic nitrogens is 3. The van der Waals surface area contributed by atoms with Gasteiger partial charge in [-0.1, -0.05) is 23.9 Å². The van der Waals surface area contributed by atoms with Crippen LogP contribution in [0.1, 0.15) is 36.8 Å². The molecule has 0 saturated heterocycles. The Balaban J connectivity index is 1.42. The van der Waals surface area contributed by atoms with Crippen LogP contribution in [0.15, 0.2) is 47.2 Å². The van der Waals surface area contributed by atoms with Crippen molar-refractivity contribution < 1.29 is 22.5 Å². The van der Waals surface area contributed by atoms with E-state index in [9.17, 15) is 18.0 Å². The maximum atomic E-state index is 12.4. The van der Waals surface area contributed by atoms with Crippen LogP contribution in [-0.4, -0.2) is 32.3 Å². The van der Waals surface area contributed by atoms with Gasteiger partial charge in [0.1, 0.15) is 17.1 Å². The van der Waals surface area contributed by atoms with Crippen molar-refractivity contribution in [3.05, 3.63) is 59.8 Å². The van der Waals surface area contributed by atoms with Crippen LogP contribution < -0.4 is 5.32 Å². The topological polar surface area (TPSA) is 73.0 Å². The number of alkyl halides is 3. The van der Waals surface area contributed by atoms with Crippen molar-refractivity contribution in [1.29, 1.82) is 0 Å². The van der Waals surface area contributed by atoms with Gasteiger partial charge in [0.25, 0.3) is 0 Å². The van der Waals surface area contributed by atoms with Gasteiger partial charge in [-0.25, -0.2) is 4.98 Å². The van der Waals surface area contributed by atoms with Crippen LogP contribution in [0.2, 0.25) is 0 Å². The predicted molar refractivity (Wildman–Crippen MR) is 106 cm³/mol. The molecule has 0 aliphatic heterocycles. The Morgan fingerprint density at radius 1 is 1.29 bits per heavy atom. The zero-order valence-electron chi connectivity index (χ0n) is 16.7. The molecule has 2 heterocycles. The second-order valence-corrected chi connectivity index (χ2v) is 7.37. The second kappa shape index (κ2) is 7.95. The van der Waals surface area contributed by atoms with Gasteiger partial charge in [0, 0.05) is 36.0 Å². The van der Waals surface area contributed by atoms with E-state index >= 15 is 0 Å². The number of imidazole rings is 1. The molecule has 0 spiro atoms. The normalized spacial score (nSPS) is 14.6. The third-order valence-corrected chi connectivity index (χ3v) is 4.99. The van der Waals surface area contributed by atoms with Gasteiger partial charge >= 0.3 is 12.1 Å². The molecule has 1 amide bonds. The first kappa shape index (κ1) is 20.7. The zero-order chi connectivity index (χ0) is 22.1. The number of hydrogen-bond donors (Lipinski definition) is 1. The lowest BCUT2D eigenvalue weighted by atomic mass is 10.1. The monoisotopic (exact) mass is 428 g/mol. The summed E-state index contributed by atoms with van der Waals surface area (Å²) in [6, 6.07) is 8.95. The lowest BCUT2D eigenvalue weighted by Crippen LogP contribution is -2.44. The number of nitrogens with zero attached hydrogens (tertiary/aromatic N) is 3. The summed E-state index contributed by atoms with van der Waals surface area (Å²) >= 11 is 0. The van der Waals surface area contributed by atoms with Gasteiger partial charge in [-0.2, -0.15) is 13.2 Å². The van der Waals surface area contributed by atoms with Gasteiger partial charge in [0.2, 0.25) is 0 Å². The molecule has 1 N–H and O–H groups in total. The fraction of sp³-hybridized carbons (Fsp3) is 0.318. The number of rotatable bonds is 5. The van der Waals surface area contributed by atoms with Crippen molar-refractivity contribution in [1.82, 2.24) is 20.0 Å². The van der Waals surface area contributed by atoms with Gasteiger partial charge < -0.3 is 14.4 Å². The fourth-order valence-electron chi connectivity index (χ4n) is 3.10. The maximum Gasteiger partial charge on any atom is 0.471 e. The molecule has 0 bridgehead atoms. The molecule has 1 saturated carbocycles. The lowest BCUT2D eigenvalue weighted by molar-refractivity contribution is -0.174. The van der Waals surface area contributed by atoms with Gasteiger partial charge in [0.15, 0.2) is 5.76 Å². The minimum atomic E-state index is -4.91. The Morgan fingerprint density at radius 2 is 2.03 bits per heavy atom. The number of carbonyl (C=O) groups is 1. The minimum Gasteiger partial charge on any atom is -0.356 e. The van der Waals surface area contributed by atoms with Gasteiger partial charge in [-0.15, -0.1) is 0 Å². The summed E-state index contributed by atoms with van der Waals surface area (Å²) in [5.41, 5.74) is 1.11. The molecule has 160 valence electrons. The van der Waals surface area contributed by atoms with Crippen molar-refractivity contribution in [3.63, 3.8) is 0 Å². The SMILES string of the molecule is CCc1nccn1Cc1cc(-c2ccc(C#CC3(NC(=O)C(F)(F)F)CC3)cc2)on1. The van der Waals surface area contributed by atoms with E-state index in [0.29, 0.717) is 30.7 Å². The molecule has 31 heavy (non-hydrogen) atoms. The van der Waals surface area contributed by atoms with E-state index in [1.54, 1.807) is 30.5 Å². The largest absolute Gasteiger partial charge is 0.471 e. The number of nitrogens with one attached hydrogen (secondary N) is 1. The molecule has 4 rings (SSSR count). The molecular weight excluding hydrogens is 409 g/mol. The third-order valence-electron chi connectivity index (χ3n) is 4.99. The minimum absolute atomic E-state index is 0.400. The van der Waals surface area contributed by atoms with Crippen LogP contribution in [0.25, 0.3) is 11.3 Å². The Hall–Kier alpha value is -3.54. The third kappa shape index (κ3) is 4.79. The highest BCUT2D eigenvalue weighted by molar-refractivity contribution is 5.83. The van der Waals surface area contributed by atoms with Crippen molar-refractivity contribution in [3.8, 4) is 23.2 Å². The predicted octanol–water partition coefficient (Wildman–Crippen LogP) is 3.71. The quantitative estimate of drug-likeness (QED) is 0.629. The number of carbonyl (C=O) groups excluding carboxylic acids is 1.